The summed E-state index contributed by atoms with van der Waals surface area (Å²) in [6.07, 6.45) is 1.58. The average molecular weight is 364 g/mol. The molecular weight excluding hydrogens is 350 g/mol. The largest absolute Gasteiger partial charge is 0.276 e. The van der Waals surface area contributed by atoms with Gasteiger partial charge in [-0.05, 0) is 41.0 Å². The lowest BCUT2D eigenvalue weighted by Crippen LogP contribution is -1.95. The summed E-state index contributed by atoms with van der Waals surface area (Å²) in [4.78, 5) is 16.1. The molecule has 0 atom stereocenters. The van der Waals surface area contributed by atoms with Gasteiger partial charge in [-0.2, -0.15) is 0 Å². The molecule has 0 spiro atoms. The fraction of sp³-hybridized carbons (Fsp3) is 0. The highest BCUT2D eigenvalue weighted by Gasteiger charge is 2.04. The Labute approximate surface area is 143 Å². The molecule has 3 aromatic rings. The summed E-state index contributed by atoms with van der Waals surface area (Å²) in [5.41, 5.74) is 3.68. The van der Waals surface area contributed by atoms with E-state index < -0.39 is 0 Å². The summed E-state index contributed by atoms with van der Waals surface area (Å²) in [6.45, 7) is 0. The maximum atomic E-state index is 12.1. The zero-order chi connectivity index (χ0) is 16.1. The van der Waals surface area contributed by atoms with Gasteiger partial charge in [-0.25, -0.2) is 4.99 Å². The third-order valence-corrected chi connectivity index (χ3v) is 3.97. The van der Waals surface area contributed by atoms with Crippen molar-refractivity contribution in [2.75, 3.05) is 0 Å². The highest BCUT2D eigenvalue weighted by molar-refractivity contribution is 9.10. The molecule has 0 aromatic heterocycles. The van der Waals surface area contributed by atoms with Crippen LogP contribution in [0.4, 0.5) is 0 Å². The smallest absolute Gasteiger partial charge is 0.267 e. The van der Waals surface area contributed by atoms with Crippen molar-refractivity contribution < 1.29 is 4.79 Å². The van der Waals surface area contributed by atoms with E-state index in [-0.39, 0.29) is 5.91 Å². The van der Waals surface area contributed by atoms with Crippen molar-refractivity contribution in [1.82, 2.24) is 0 Å². The van der Waals surface area contributed by atoms with Gasteiger partial charge in [-0.3, -0.25) is 4.79 Å². The third-order valence-electron chi connectivity index (χ3n) is 3.44. The maximum absolute atomic E-state index is 12.1. The number of rotatable bonds is 3. The molecule has 0 aliphatic carbocycles. The minimum absolute atomic E-state index is 0.243. The van der Waals surface area contributed by atoms with E-state index in [4.69, 9.17) is 0 Å². The Morgan fingerprint density at radius 3 is 2.04 bits per heavy atom. The quantitative estimate of drug-likeness (QED) is 0.574. The standard InChI is InChI=1S/C20H14BrNO/c21-19-12-6-15(7-13-19)14-22-20(23)18-10-8-17(9-11-18)16-4-2-1-3-5-16/h1-14H. The molecule has 0 radical (unpaired) electrons. The molecule has 0 aliphatic heterocycles. The minimum atomic E-state index is -0.243. The van der Waals surface area contributed by atoms with Crippen LogP contribution in [0.15, 0.2) is 88.3 Å². The molecular formula is C20H14BrNO. The van der Waals surface area contributed by atoms with Gasteiger partial charge < -0.3 is 0 Å². The van der Waals surface area contributed by atoms with Crippen LogP contribution < -0.4 is 0 Å². The SMILES string of the molecule is O=C(N=Cc1ccc(Br)cc1)c1ccc(-c2ccccc2)cc1. The molecule has 23 heavy (non-hydrogen) atoms. The van der Waals surface area contributed by atoms with E-state index in [1.165, 1.54) is 0 Å². The van der Waals surface area contributed by atoms with Crippen LogP contribution in [-0.2, 0) is 0 Å². The van der Waals surface area contributed by atoms with Crippen molar-refractivity contribution in [1.29, 1.82) is 0 Å². The van der Waals surface area contributed by atoms with Crippen LogP contribution in [0, 0.1) is 0 Å². The monoisotopic (exact) mass is 363 g/mol. The van der Waals surface area contributed by atoms with Crippen molar-refractivity contribution in [3.63, 3.8) is 0 Å². The predicted molar refractivity (Wildman–Crippen MR) is 97.9 cm³/mol. The number of hydrogen-bond acceptors (Lipinski definition) is 1. The van der Waals surface area contributed by atoms with E-state index in [0.29, 0.717) is 5.56 Å². The number of benzene rings is 3. The lowest BCUT2D eigenvalue weighted by atomic mass is 10.0. The fourth-order valence-corrected chi connectivity index (χ4v) is 2.46. The Morgan fingerprint density at radius 2 is 1.39 bits per heavy atom. The Morgan fingerprint density at radius 1 is 0.783 bits per heavy atom. The zero-order valence-corrected chi connectivity index (χ0v) is 13.9. The molecule has 0 saturated heterocycles. The molecule has 2 nitrogen and oxygen atoms in total. The van der Waals surface area contributed by atoms with E-state index in [2.05, 4.69) is 20.9 Å². The first-order valence-corrected chi connectivity index (χ1v) is 8.01. The molecule has 1 amide bonds. The predicted octanol–water partition coefficient (Wildman–Crippen LogP) is 5.38. The number of carbonyl (C=O) groups is 1. The van der Waals surface area contributed by atoms with Crippen LogP contribution in [-0.4, -0.2) is 12.1 Å². The molecule has 3 aromatic carbocycles. The van der Waals surface area contributed by atoms with Gasteiger partial charge in [0.2, 0.25) is 0 Å². The van der Waals surface area contributed by atoms with E-state index in [9.17, 15) is 4.79 Å². The summed E-state index contributed by atoms with van der Waals surface area (Å²) in [5, 5.41) is 0. The molecule has 0 saturated carbocycles. The topological polar surface area (TPSA) is 29.4 Å². The minimum Gasteiger partial charge on any atom is -0.267 e. The zero-order valence-electron chi connectivity index (χ0n) is 12.3. The average Bonchev–Trinajstić information content (AvgIpc) is 2.62. The first kappa shape index (κ1) is 15.4. The number of aliphatic imine (C=N–C) groups is 1. The highest BCUT2D eigenvalue weighted by Crippen LogP contribution is 2.19. The van der Waals surface area contributed by atoms with Gasteiger partial charge >= 0.3 is 0 Å². The van der Waals surface area contributed by atoms with Crippen molar-refractivity contribution in [3.8, 4) is 11.1 Å². The lowest BCUT2D eigenvalue weighted by molar-refractivity contribution is 0.100. The van der Waals surface area contributed by atoms with Gasteiger partial charge in [0.25, 0.3) is 5.91 Å². The molecule has 112 valence electrons. The van der Waals surface area contributed by atoms with E-state index in [0.717, 1.165) is 21.2 Å². The Hall–Kier alpha value is -2.52. The molecule has 0 aliphatic rings. The van der Waals surface area contributed by atoms with E-state index in [1.807, 2.05) is 78.9 Å². The van der Waals surface area contributed by atoms with Gasteiger partial charge in [-0.1, -0.05) is 70.5 Å². The fourth-order valence-electron chi connectivity index (χ4n) is 2.19. The number of halogens is 1. The third kappa shape index (κ3) is 4.02. The van der Waals surface area contributed by atoms with Crippen molar-refractivity contribution in [3.05, 3.63) is 94.5 Å². The second kappa shape index (κ2) is 7.16. The summed E-state index contributed by atoms with van der Waals surface area (Å²) >= 11 is 3.38. The summed E-state index contributed by atoms with van der Waals surface area (Å²) in [5.74, 6) is -0.243. The van der Waals surface area contributed by atoms with Gasteiger partial charge in [0.1, 0.15) is 0 Å². The van der Waals surface area contributed by atoms with Crippen LogP contribution in [0.3, 0.4) is 0 Å². The second-order valence-corrected chi connectivity index (χ2v) is 5.97. The van der Waals surface area contributed by atoms with Crippen LogP contribution in [0.25, 0.3) is 11.1 Å². The van der Waals surface area contributed by atoms with Gasteiger partial charge in [0, 0.05) is 16.3 Å². The molecule has 0 unspecified atom stereocenters. The van der Waals surface area contributed by atoms with Gasteiger partial charge in [0.15, 0.2) is 0 Å². The summed E-state index contributed by atoms with van der Waals surface area (Å²) in [6, 6.07) is 25.2. The number of hydrogen-bond donors (Lipinski definition) is 0. The molecule has 0 heterocycles. The molecule has 0 bridgehead atoms. The number of amides is 1. The summed E-state index contributed by atoms with van der Waals surface area (Å²) < 4.78 is 0.998. The lowest BCUT2D eigenvalue weighted by Gasteiger charge is -2.02. The van der Waals surface area contributed by atoms with Crippen molar-refractivity contribution in [2.24, 2.45) is 4.99 Å². The number of nitrogens with zero attached hydrogens (tertiary/aromatic N) is 1. The molecule has 0 fully saturated rings. The Balaban J connectivity index is 1.74. The van der Waals surface area contributed by atoms with Crippen LogP contribution in [0.5, 0.6) is 0 Å². The highest BCUT2D eigenvalue weighted by atomic mass is 79.9. The van der Waals surface area contributed by atoms with E-state index in [1.54, 1.807) is 6.21 Å². The second-order valence-electron chi connectivity index (χ2n) is 5.06. The van der Waals surface area contributed by atoms with Crippen LogP contribution in [0.2, 0.25) is 0 Å². The molecule has 3 rings (SSSR count). The van der Waals surface area contributed by atoms with Crippen LogP contribution >= 0.6 is 15.9 Å². The normalized spacial score (nSPS) is 10.8. The Kier molecular flexibility index (Phi) is 4.79. The molecule has 3 heteroatoms. The Bertz CT molecular complexity index is 822. The van der Waals surface area contributed by atoms with E-state index >= 15 is 0 Å². The molecule has 0 N–H and O–H groups in total. The van der Waals surface area contributed by atoms with Crippen LogP contribution in [0.1, 0.15) is 15.9 Å². The first-order chi connectivity index (χ1) is 11.2. The maximum Gasteiger partial charge on any atom is 0.276 e. The number of carbonyl (C=O) groups excluding carboxylic acids is 1. The van der Waals surface area contributed by atoms with Crippen molar-refractivity contribution >= 4 is 28.1 Å². The van der Waals surface area contributed by atoms with Crippen molar-refractivity contribution in [2.45, 2.75) is 0 Å². The van der Waals surface area contributed by atoms with Gasteiger partial charge in [-0.15, -0.1) is 0 Å². The van der Waals surface area contributed by atoms with Gasteiger partial charge in [0.05, 0.1) is 0 Å². The summed E-state index contributed by atoms with van der Waals surface area (Å²) in [7, 11) is 0. The first-order valence-electron chi connectivity index (χ1n) is 7.22.